The van der Waals surface area contributed by atoms with Gasteiger partial charge in [-0.15, -0.1) is 0 Å². The molecule has 1 aromatic heterocycles. The second-order valence-corrected chi connectivity index (χ2v) is 10.0. The van der Waals surface area contributed by atoms with E-state index in [2.05, 4.69) is 13.8 Å². The number of rotatable bonds is 2. The highest BCUT2D eigenvalue weighted by molar-refractivity contribution is 5.88. The molecule has 1 aromatic carbocycles. The van der Waals surface area contributed by atoms with Crippen LogP contribution in [0.3, 0.4) is 0 Å². The highest BCUT2D eigenvalue weighted by Gasteiger charge is 2.60. The van der Waals surface area contributed by atoms with Crippen molar-refractivity contribution < 1.29 is 19.0 Å². The van der Waals surface area contributed by atoms with E-state index in [0.717, 1.165) is 23.8 Å². The molecule has 2 bridgehead atoms. The van der Waals surface area contributed by atoms with Gasteiger partial charge in [-0.25, -0.2) is 4.79 Å². The predicted octanol–water partition coefficient (Wildman–Crippen LogP) is 4.89. The molecule has 0 spiro atoms. The van der Waals surface area contributed by atoms with Gasteiger partial charge in [0.05, 0.1) is 11.0 Å². The van der Waals surface area contributed by atoms with Gasteiger partial charge in [0.2, 0.25) is 5.79 Å². The van der Waals surface area contributed by atoms with Crippen LogP contribution in [0.1, 0.15) is 57.8 Å². The normalized spacial score (nSPS) is 35.3. The first-order chi connectivity index (χ1) is 14.1. The molecule has 3 heterocycles. The van der Waals surface area contributed by atoms with E-state index in [1.165, 1.54) is 0 Å². The molecule has 3 aliphatic rings. The minimum Gasteiger partial charge on any atom is -0.457 e. The lowest BCUT2D eigenvalue weighted by molar-refractivity contribution is -0.285. The Bertz CT molecular complexity index is 1090. The first-order valence-electron chi connectivity index (χ1n) is 11.0. The number of fused-ring (bicyclic) bond motifs is 8. The average Bonchev–Trinajstić information content (AvgIpc) is 3.05. The summed E-state index contributed by atoms with van der Waals surface area (Å²) in [6, 6.07) is 5.69. The molecule has 1 saturated carbocycles. The van der Waals surface area contributed by atoms with Crippen molar-refractivity contribution in [3.63, 3.8) is 0 Å². The molecular weight excluding hydrogens is 380 g/mol. The molecule has 5 nitrogen and oxygen atoms in total. The number of hydrogen-bond donors (Lipinski definition) is 1. The quantitative estimate of drug-likeness (QED) is 0.564. The van der Waals surface area contributed by atoms with Crippen molar-refractivity contribution in [2.24, 2.45) is 23.7 Å². The van der Waals surface area contributed by atoms with Crippen LogP contribution in [0.25, 0.3) is 11.0 Å². The summed E-state index contributed by atoms with van der Waals surface area (Å²) in [7, 11) is 0. The molecule has 6 atom stereocenters. The highest BCUT2D eigenvalue weighted by Crippen LogP contribution is 2.61. The summed E-state index contributed by atoms with van der Waals surface area (Å²) >= 11 is 0. The van der Waals surface area contributed by atoms with Crippen molar-refractivity contribution in [1.29, 1.82) is 0 Å². The number of benzene rings is 1. The monoisotopic (exact) mass is 410 g/mol. The van der Waals surface area contributed by atoms with E-state index in [1.807, 2.05) is 31.2 Å². The lowest BCUT2D eigenvalue weighted by Gasteiger charge is -2.53. The molecule has 160 valence electrons. The molecule has 5 heteroatoms. The second-order valence-electron chi connectivity index (χ2n) is 10.0. The molecule has 1 aliphatic carbocycles. The van der Waals surface area contributed by atoms with Gasteiger partial charge in [0, 0.05) is 5.92 Å². The fourth-order valence-electron chi connectivity index (χ4n) is 5.87. The number of ether oxygens (including phenoxy) is 2. The van der Waals surface area contributed by atoms with Crippen LogP contribution in [0.5, 0.6) is 5.75 Å². The molecule has 2 aromatic rings. The Hall–Kier alpha value is -2.11. The smallest absolute Gasteiger partial charge is 0.345 e. The van der Waals surface area contributed by atoms with Crippen LogP contribution < -0.4 is 10.4 Å². The zero-order valence-corrected chi connectivity index (χ0v) is 18.3. The Labute approximate surface area is 176 Å². The van der Waals surface area contributed by atoms with Crippen molar-refractivity contribution in [3.8, 4) is 5.75 Å². The summed E-state index contributed by atoms with van der Waals surface area (Å²) in [6.45, 7) is 9.89. The summed E-state index contributed by atoms with van der Waals surface area (Å²) < 4.78 is 19.0. The SMILES string of the molecule is Cc1cccc2oc(=O)c3c(c12)O[C@]1(C=CC(C)(C)O)O[C@H]3[C@H]2[C@H](CC[C@@H]2C)[C@H]1C. The van der Waals surface area contributed by atoms with Crippen LogP contribution >= 0.6 is 0 Å². The topological polar surface area (TPSA) is 68.9 Å². The lowest BCUT2D eigenvalue weighted by atomic mass is 9.70. The Balaban J connectivity index is 1.80. The van der Waals surface area contributed by atoms with E-state index < -0.39 is 11.4 Å². The van der Waals surface area contributed by atoms with E-state index in [1.54, 1.807) is 19.9 Å². The zero-order chi connectivity index (χ0) is 21.4. The summed E-state index contributed by atoms with van der Waals surface area (Å²) in [5, 5.41) is 11.2. The first-order valence-corrected chi connectivity index (χ1v) is 11.0. The van der Waals surface area contributed by atoms with E-state index >= 15 is 0 Å². The summed E-state index contributed by atoms with van der Waals surface area (Å²) in [5.74, 6) is 0.728. The standard InChI is InChI=1S/C25H30O5/c1-13-7-6-8-17-19(13)22-20(23(26)28-17)21-18-14(2)9-10-16(18)15(3)25(29-21,30-22)12-11-24(4,5)27/h6-8,11-12,14-16,18,21,27H,9-10H2,1-5H3/t14-,15+,16+,18+,21-,25-/m0/s1. The van der Waals surface area contributed by atoms with E-state index in [0.29, 0.717) is 28.7 Å². The van der Waals surface area contributed by atoms with Gasteiger partial charge in [0.15, 0.2) is 0 Å². The fourth-order valence-corrected chi connectivity index (χ4v) is 5.87. The van der Waals surface area contributed by atoms with Crippen LogP contribution in [0.4, 0.5) is 0 Å². The number of hydrogen-bond acceptors (Lipinski definition) is 5. The second kappa shape index (κ2) is 6.44. The maximum absolute atomic E-state index is 13.1. The fraction of sp³-hybridized carbons (Fsp3) is 0.560. The molecule has 0 radical (unpaired) electrons. The average molecular weight is 411 g/mol. The van der Waals surface area contributed by atoms with Crippen molar-refractivity contribution >= 4 is 11.0 Å². The lowest BCUT2D eigenvalue weighted by Crippen LogP contribution is -2.57. The molecule has 1 saturated heterocycles. The Morgan fingerprint density at radius 1 is 1.23 bits per heavy atom. The van der Waals surface area contributed by atoms with Crippen LogP contribution in [-0.4, -0.2) is 16.5 Å². The van der Waals surface area contributed by atoms with Crippen molar-refractivity contribution in [3.05, 3.63) is 51.9 Å². The molecule has 0 amide bonds. The van der Waals surface area contributed by atoms with Crippen molar-refractivity contribution in [2.75, 3.05) is 0 Å². The third kappa shape index (κ3) is 2.78. The molecule has 1 N–H and O–H groups in total. The Kier molecular flexibility index (Phi) is 4.26. The van der Waals surface area contributed by atoms with Gasteiger partial charge in [0.1, 0.15) is 23.0 Å². The first kappa shape index (κ1) is 19.8. The summed E-state index contributed by atoms with van der Waals surface area (Å²) in [5.41, 5.74) is 0.673. The van der Waals surface area contributed by atoms with Crippen LogP contribution in [0, 0.1) is 30.6 Å². The highest BCUT2D eigenvalue weighted by atomic mass is 16.7. The third-order valence-corrected chi connectivity index (χ3v) is 7.44. The zero-order valence-electron chi connectivity index (χ0n) is 18.3. The summed E-state index contributed by atoms with van der Waals surface area (Å²) in [6.07, 6.45) is 5.43. The van der Waals surface area contributed by atoms with Gasteiger partial charge < -0.3 is 19.0 Å². The number of aryl methyl sites for hydroxylation is 1. The third-order valence-electron chi connectivity index (χ3n) is 7.44. The van der Waals surface area contributed by atoms with Gasteiger partial charge >= 0.3 is 5.63 Å². The van der Waals surface area contributed by atoms with Gasteiger partial charge in [-0.2, -0.15) is 0 Å². The van der Waals surface area contributed by atoms with E-state index in [-0.39, 0.29) is 23.6 Å². The van der Waals surface area contributed by atoms with Crippen molar-refractivity contribution in [1.82, 2.24) is 0 Å². The van der Waals surface area contributed by atoms with Crippen LogP contribution in [0.2, 0.25) is 0 Å². The molecule has 2 aliphatic heterocycles. The van der Waals surface area contributed by atoms with Crippen LogP contribution in [-0.2, 0) is 4.74 Å². The summed E-state index contributed by atoms with van der Waals surface area (Å²) in [4.78, 5) is 13.1. The molecular formula is C25H30O5. The van der Waals surface area contributed by atoms with Gasteiger partial charge in [0.25, 0.3) is 0 Å². The van der Waals surface area contributed by atoms with E-state index in [9.17, 15) is 9.90 Å². The van der Waals surface area contributed by atoms with Crippen molar-refractivity contribution in [2.45, 2.75) is 65.0 Å². The van der Waals surface area contributed by atoms with Gasteiger partial charge in [-0.1, -0.05) is 38.5 Å². The van der Waals surface area contributed by atoms with Gasteiger partial charge in [-0.3, -0.25) is 0 Å². The Morgan fingerprint density at radius 2 is 2.00 bits per heavy atom. The minimum absolute atomic E-state index is 0.0850. The maximum Gasteiger partial charge on any atom is 0.345 e. The molecule has 5 rings (SSSR count). The molecule has 0 unspecified atom stereocenters. The van der Waals surface area contributed by atoms with E-state index in [4.69, 9.17) is 13.9 Å². The maximum atomic E-state index is 13.1. The minimum atomic E-state index is -1.02. The molecule has 30 heavy (non-hydrogen) atoms. The van der Waals surface area contributed by atoms with Crippen LogP contribution in [0.15, 0.2) is 39.6 Å². The Morgan fingerprint density at radius 3 is 2.73 bits per heavy atom. The molecule has 2 fully saturated rings. The number of aliphatic hydroxyl groups is 1. The predicted molar refractivity (Wildman–Crippen MR) is 114 cm³/mol. The van der Waals surface area contributed by atoms with Gasteiger partial charge in [-0.05, 0) is 62.7 Å². The largest absolute Gasteiger partial charge is 0.457 e.